The van der Waals surface area contributed by atoms with Gasteiger partial charge in [-0.25, -0.2) is 9.97 Å². The molecule has 3 aliphatic rings. The van der Waals surface area contributed by atoms with Crippen LogP contribution in [0.15, 0.2) is 36.5 Å². The van der Waals surface area contributed by atoms with Crippen LogP contribution in [-0.2, 0) is 12.8 Å². The van der Waals surface area contributed by atoms with Gasteiger partial charge < -0.3 is 15.4 Å². The Labute approximate surface area is 185 Å². The lowest BCUT2D eigenvalue weighted by Crippen LogP contribution is -2.32. The van der Waals surface area contributed by atoms with Crippen LogP contribution in [0.2, 0.25) is 0 Å². The molecule has 0 atom stereocenters. The van der Waals surface area contributed by atoms with Gasteiger partial charge in [0.05, 0.1) is 6.61 Å². The number of hydrogen-bond acceptors (Lipinski definition) is 5. The zero-order valence-electron chi connectivity index (χ0n) is 17.6. The Kier molecular flexibility index (Phi) is 4.56. The third kappa shape index (κ3) is 3.47. The van der Waals surface area contributed by atoms with Crippen molar-refractivity contribution in [2.24, 2.45) is 5.92 Å². The molecule has 6 nitrogen and oxygen atoms in total. The van der Waals surface area contributed by atoms with Gasteiger partial charge >= 0.3 is 0 Å². The lowest BCUT2D eigenvalue weighted by molar-refractivity contribution is 0.0946. The quantitative estimate of drug-likeness (QED) is 0.612. The molecule has 0 saturated heterocycles. The Balaban J connectivity index is 1.44. The first-order chi connectivity index (χ1) is 15.7. The van der Waals surface area contributed by atoms with Gasteiger partial charge in [-0.15, -0.1) is 0 Å². The van der Waals surface area contributed by atoms with E-state index in [9.17, 15) is 4.79 Å². The van der Waals surface area contributed by atoms with E-state index in [1.165, 1.54) is 12.8 Å². The highest BCUT2D eigenvalue weighted by Crippen LogP contribution is 2.38. The number of hydrogen-bond donors (Lipinski definition) is 2. The zero-order chi connectivity index (χ0) is 21.7. The normalized spacial score (nSPS) is 16.7. The highest BCUT2D eigenvalue weighted by atomic mass is 19.1. The number of aromatic nitrogens is 2. The molecular weight excluding hydrogens is 407 g/mol. The van der Waals surface area contributed by atoms with Crippen molar-refractivity contribution in [3.63, 3.8) is 0 Å². The van der Waals surface area contributed by atoms with Gasteiger partial charge in [-0.05, 0) is 78.1 Å². The van der Waals surface area contributed by atoms with E-state index in [4.69, 9.17) is 4.74 Å². The summed E-state index contributed by atoms with van der Waals surface area (Å²) < 4.78 is 20.9. The Morgan fingerprint density at radius 2 is 1.75 bits per heavy atom. The molecule has 162 valence electrons. The van der Waals surface area contributed by atoms with Crippen molar-refractivity contribution in [1.82, 2.24) is 15.3 Å². The van der Waals surface area contributed by atoms with Crippen LogP contribution in [0.25, 0.3) is 22.3 Å². The Hall–Kier alpha value is -3.48. The molecule has 2 N–H and O–H groups in total. The minimum atomic E-state index is -0.531. The van der Waals surface area contributed by atoms with Crippen molar-refractivity contribution in [2.75, 3.05) is 25.0 Å². The monoisotopic (exact) mass is 430 g/mol. The number of amides is 1. The number of anilines is 1. The molecular formula is C25H23FN4O2. The molecule has 1 fully saturated rings. The molecule has 1 aliphatic carbocycles. The fourth-order valence-electron chi connectivity index (χ4n) is 4.46. The summed E-state index contributed by atoms with van der Waals surface area (Å²) in [7, 11) is 0. The summed E-state index contributed by atoms with van der Waals surface area (Å²) in [5.74, 6) is 1.09. The summed E-state index contributed by atoms with van der Waals surface area (Å²) in [6.45, 7) is 1.90. The second kappa shape index (κ2) is 7.58. The molecule has 0 radical (unpaired) electrons. The number of rotatable bonds is 4. The molecule has 3 aromatic rings. The van der Waals surface area contributed by atoms with Gasteiger partial charge in [-0.3, -0.25) is 4.79 Å². The van der Waals surface area contributed by atoms with Crippen LogP contribution in [0.3, 0.4) is 0 Å². The second-order valence-corrected chi connectivity index (χ2v) is 8.71. The van der Waals surface area contributed by atoms with Crippen molar-refractivity contribution >= 4 is 11.7 Å². The Morgan fingerprint density at radius 3 is 2.59 bits per heavy atom. The minimum Gasteiger partial charge on any atom is -0.477 e. The van der Waals surface area contributed by atoms with Crippen molar-refractivity contribution in [3.05, 3.63) is 59.2 Å². The van der Waals surface area contributed by atoms with Crippen molar-refractivity contribution < 1.29 is 13.9 Å². The molecule has 6 rings (SSSR count). The number of halogens is 1. The summed E-state index contributed by atoms with van der Waals surface area (Å²) in [6.07, 6.45) is 5.55. The molecule has 32 heavy (non-hydrogen) atoms. The maximum atomic E-state index is 15.1. The van der Waals surface area contributed by atoms with Crippen LogP contribution in [0.1, 0.15) is 34.3 Å². The maximum absolute atomic E-state index is 15.1. The summed E-state index contributed by atoms with van der Waals surface area (Å²) in [5.41, 5.74) is 5.77. The van der Waals surface area contributed by atoms with Crippen LogP contribution in [0.4, 0.5) is 10.2 Å². The average Bonchev–Trinajstić information content (AvgIpc) is 3.64. The topological polar surface area (TPSA) is 76.1 Å². The van der Waals surface area contributed by atoms with Gasteiger partial charge in [0, 0.05) is 42.0 Å². The number of ether oxygens (including phenoxy) is 1. The largest absolute Gasteiger partial charge is 0.477 e. The predicted molar refractivity (Wildman–Crippen MR) is 119 cm³/mol. The standard InChI is InChI=1S/C25H23FN4O2/c26-23-19(17-3-6-27-22(11-17)32-13-14-1-2-14)12-21-18-9-16-5-8-29-25(31)20(16)10-15(18)4-7-28-24(21)30-23/h3,6,9-12,14H,1-2,4-5,7-8,13H2,(H,28,30)(H,29,31). The average molecular weight is 430 g/mol. The van der Waals surface area contributed by atoms with E-state index in [2.05, 4.69) is 26.7 Å². The molecule has 2 aromatic heterocycles. The van der Waals surface area contributed by atoms with Gasteiger partial charge in [0.15, 0.2) is 0 Å². The fraction of sp³-hybridized carbons (Fsp3) is 0.320. The number of carbonyl (C=O) groups excluding carboxylic acids is 1. The number of nitrogens with one attached hydrogen (secondary N) is 2. The van der Waals surface area contributed by atoms with E-state index in [-0.39, 0.29) is 5.91 Å². The number of fused-ring (bicyclic) bond motifs is 4. The van der Waals surface area contributed by atoms with E-state index >= 15 is 4.39 Å². The smallest absolute Gasteiger partial charge is 0.251 e. The van der Waals surface area contributed by atoms with E-state index in [0.29, 0.717) is 48.4 Å². The van der Waals surface area contributed by atoms with Gasteiger partial charge in [0.25, 0.3) is 5.91 Å². The summed E-state index contributed by atoms with van der Waals surface area (Å²) in [6, 6.07) is 9.46. The second-order valence-electron chi connectivity index (χ2n) is 8.71. The summed E-state index contributed by atoms with van der Waals surface area (Å²) in [4.78, 5) is 20.9. The number of nitrogens with zero attached hydrogens (tertiary/aromatic N) is 2. The van der Waals surface area contributed by atoms with Crippen LogP contribution in [-0.4, -0.2) is 35.6 Å². The fourth-order valence-corrected chi connectivity index (χ4v) is 4.46. The van der Waals surface area contributed by atoms with E-state index < -0.39 is 5.95 Å². The van der Waals surface area contributed by atoms with Gasteiger partial charge in [-0.2, -0.15) is 4.39 Å². The van der Waals surface area contributed by atoms with Crippen LogP contribution in [0.5, 0.6) is 5.88 Å². The minimum absolute atomic E-state index is 0.0279. The van der Waals surface area contributed by atoms with Gasteiger partial charge in [0.2, 0.25) is 11.8 Å². The molecule has 1 aromatic carbocycles. The first kappa shape index (κ1) is 19.2. The van der Waals surface area contributed by atoms with Gasteiger partial charge in [0.1, 0.15) is 5.82 Å². The molecule has 0 bridgehead atoms. The molecule has 1 saturated carbocycles. The van der Waals surface area contributed by atoms with Crippen LogP contribution >= 0.6 is 0 Å². The molecule has 4 heterocycles. The molecule has 0 unspecified atom stereocenters. The van der Waals surface area contributed by atoms with E-state index in [0.717, 1.165) is 40.7 Å². The lowest BCUT2D eigenvalue weighted by atomic mass is 9.89. The first-order valence-corrected chi connectivity index (χ1v) is 11.1. The number of pyridine rings is 2. The highest BCUT2D eigenvalue weighted by Gasteiger charge is 2.25. The van der Waals surface area contributed by atoms with Crippen LogP contribution < -0.4 is 15.4 Å². The summed E-state index contributed by atoms with van der Waals surface area (Å²) >= 11 is 0. The third-order valence-corrected chi connectivity index (χ3v) is 6.42. The van der Waals surface area contributed by atoms with Crippen molar-refractivity contribution in [3.8, 4) is 28.1 Å². The molecule has 7 heteroatoms. The molecule has 0 spiro atoms. The van der Waals surface area contributed by atoms with Crippen LogP contribution in [0, 0.1) is 11.9 Å². The highest BCUT2D eigenvalue weighted by molar-refractivity contribution is 5.98. The lowest BCUT2D eigenvalue weighted by Gasteiger charge is -2.20. The Morgan fingerprint density at radius 1 is 0.969 bits per heavy atom. The third-order valence-electron chi connectivity index (χ3n) is 6.42. The summed E-state index contributed by atoms with van der Waals surface area (Å²) in [5, 5.41) is 6.17. The van der Waals surface area contributed by atoms with Crippen molar-refractivity contribution in [2.45, 2.75) is 25.7 Å². The molecule has 2 aliphatic heterocycles. The number of carbonyl (C=O) groups is 1. The predicted octanol–water partition coefficient (Wildman–Crippen LogP) is 3.99. The van der Waals surface area contributed by atoms with Gasteiger partial charge in [-0.1, -0.05) is 0 Å². The van der Waals surface area contributed by atoms with E-state index in [1.54, 1.807) is 18.3 Å². The first-order valence-electron chi connectivity index (χ1n) is 11.1. The maximum Gasteiger partial charge on any atom is 0.251 e. The zero-order valence-corrected chi connectivity index (χ0v) is 17.6. The SMILES string of the molecule is O=C1NCCc2cc3c(cc21)CCNc1nc(F)c(-c2ccnc(OCC4CC4)c2)cc1-3. The van der Waals surface area contributed by atoms with Crippen molar-refractivity contribution in [1.29, 1.82) is 0 Å². The molecule has 1 amide bonds. The van der Waals surface area contributed by atoms with E-state index in [1.807, 2.05) is 12.1 Å². The Bertz CT molecular complexity index is 1240. The number of benzene rings is 1.